The van der Waals surface area contributed by atoms with E-state index < -0.39 is 6.09 Å². The lowest BCUT2D eigenvalue weighted by atomic mass is 10.0. The summed E-state index contributed by atoms with van der Waals surface area (Å²) in [6.07, 6.45) is 4.48. The summed E-state index contributed by atoms with van der Waals surface area (Å²) < 4.78 is 5.69. The number of aromatic nitrogens is 1. The zero-order valence-corrected chi connectivity index (χ0v) is 14.1. The normalized spacial score (nSPS) is 14.2. The molecule has 0 aliphatic carbocycles. The summed E-state index contributed by atoms with van der Waals surface area (Å²) in [5.74, 6) is 0. The topological polar surface area (TPSA) is 62.7 Å². The van der Waals surface area contributed by atoms with E-state index >= 15 is 0 Å². The molecule has 0 fully saturated rings. The number of benzene rings is 1. The van der Waals surface area contributed by atoms with Crippen LogP contribution in [0.1, 0.15) is 23.2 Å². The molecule has 0 saturated heterocycles. The lowest BCUT2D eigenvalue weighted by molar-refractivity contribution is 0.123. The van der Waals surface area contributed by atoms with Crippen LogP contribution in [0.3, 0.4) is 0 Å². The van der Waals surface area contributed by atoms with Gasteiger partial charge < -0.3 is 14.7 Å². The van der Waals surface area contributed by atoms with Gasteiger partial charge >= 0.3 is 6.09 Å². The van der Waals surface area contributed by atoms with Crippen molar-refractivity contribution in [2.24, 2.45) is 0 Å². The van der Waals surface area contributed by atoms with Crippen molar-refractivity contribution < 1.29 is 14.6 Å². The second-order valence-electron chi connectivity index (χ2n) is 6.03. The summed E-state index contributed by atoms with van der Waals surface area (Å²) in [7, 11) is 0. The van der Waals surface area contributed by atoms with E-state index in [0.29, 0.717) is 26.3 Å². The van der Waals surface area contributed by atoms with Crippen LogP contribution in [0.25, 0.3) is 5.57 Å². The van der Waals surface area contributed by atoms with E-state index in [9.17, 15) is 4.79 Å². The van der Waals surface area contributed by atoms with Gasteiger partial charge in [0.1, 0.15) is 0 Å². The van der Waals surface area contributed by atoms with Gasteiger partial charge in [0.2, 0.25) is 0 Å². The second kappa shape index (κ2) is 8.44. The fourth-order valence-corrected chi connectivity index (χ4v) is 2.81. The first-order valence-corrected chi connectivity index (χ1v) is 8.46. The second-order valence-corrected chi connectivity index (χ2v) is 6.03. The largest absolute Gasteiger partial charge is 0.465 e. The first-order chi connectivity index (χ1) is 12.2. The van der Waals surface area contributed by atoms with E-state index in [1.54, 1.807) is 0 Å². The number of pyridine rings is 1. The van der Waals surface area contributed by atoms with Crippen LogP contribution in [0.4, 0.5) is 4.79 Å². The number of carbonyl (C=O) groups is 1. The van der Waals surface area contributed by atoms with Crippen molar-refractivity contribution in [1.29, 1.82) is 0 Å². The maximum atomic E-state index is 10.9. The Morgan fingerprint density at radius 2 is 2.04 bits per heavy atom. The van der Waals surface area contributed by atoms with Crippen molar-refractivity contribution in [3.63, 3.8) is 0 Å². The summed E-state index contributed by atoms with van der Waals surface area (Å²) in [6.45, 7) is 2.24. The van der Waals surface area contributed by atoms with Crippen LogP contribution in [0.15, 0.2) is 54.7 Å². The zero-order valence-electron chi connectivity index (χ0n) is 14.1. The van der Waals surface area contributed by atoms with Crippen LogP contribution >= 0.6 is 0 Å². The Morgan fingerprint density at radius 1 is 1.20 bits per heavy atom. The van der Waals surface area contributed by atoms with E-state index in [-0.39, 0.29) is 0 Å². The van der Waals surface area contributed by atoms with Gasteiger partial charge in [-0.3, -0.25) is 4.98 Å². The maximum absolute atomic E-state index is 10.9. The van der Waals surface area contributed by atoms with Crippen molar-refractivity contribution in [3.8, 4) is 0 Å². The quantitative estimate of drug-likeness (QED) is 0.817. The van der Waals surface area contributed by atoms with Gasteiger partial charge in [0, 0.05) is 31.4 Å². The monoisotopic (exact) mass is 338 g/mol. The van der Waals surface area contributed by atoms with E-state index in [1.807, 2.05) is 36.5 Å². The first kappa shape index (κ1) is 17.2. The molecule has 0 spiro atoms. The number of carboxylic acid groups (broad SMARTS) is 1. The molecule has 3 rings (SSSR count). The fraction of sp³-hybridized carbons (Fsp3) is 0.300. The molecule has 1 aromatic heterocycles. The minimum absolute atomic E-state index is 0.444. The molecule has 130 valence electrons. The minimum Gasteiger partial charge on any atom is -0.465 e. The molecule has 0 radical (unpaired) electrons. The predicted molar refractivity (Wildman–Crippen MR) is 96.2 cm³/mol. The molecule has 1 aromatic carbocycles. The number of ether oxygens (including phenoxy) is 1. The van der Waals surface area contributed by atoms with Gasteiger partial charge in [-0.05, 0) is 29.2 Å². The van der Waals surface area contributed by atoms with Gasteiger partial charge in [0.15, 0.2) is 0 Å². The van der Waals surface area contributed by atoms with Crippen molar-refractivity contribution in [2.45, 2.75) is 19.4 Å². The average Bonchev–Trinajstić information content (AvgIpc) is 2.67. The van der Waals surface area contributed by atoms with Gasteiger partial charge in [-0.15, -0.1) is 0 Å². The van der Waals surface area contributed by atoms with Crippen LogP contribution in [-0.4, -0.2) is 40.8 Å². The molecule has 0 saturated carbocycles. The average molecular weight is 338 g/mol. The maximum Gasteiger partial charge on any atom is 0.407 e. The van der Waals surface area contributed by atoms with Crippen LogP contribution in [0.2, 0.25) is 0 Å². The lowest BCUT2D eigenvalue weighted by Gasteiger charge is -2.23. The Bertz CT molecular complexity index is 726. The smallest absolute Gasteiger partial charge is 0.407 e. The van der Waals surface area contributed by atoms with Gasteiger partial charge in [0.05, 0.1) is 13.2 Å². The van der Waals surface area contributed by atoms with Crippen LogP contribution in [0, 0.1) is 0 Å². The molecule has 5 nitrogen and oxygen atoms in total. The van der Waals surface area contributed by atoms with E-state index in [1.165, 1.54) is 10.5 Å². The number of hydrogen-bond acceptors (Lipinski definition) is 3. The molecule has 0 atom stereocenters. The Balaban J connectivity index is 1.47. The third kappa shape index (κ3) is 4.90. The van der Waals surface area contributed by atoms with Crippen molar-refractivity contribution in [3.05, 3.63) is 71.6 Å². The highest BCUT2D eigenvalue weighted by Gasteiger charge is 2.16. The molecule has 1 aliphatic heterocycles. The molecule has 1 N–H and O–H groups in total. The molecule has 2 aromatic rings. The van der Waals surface area contributed by atoms with Crippen LogP contribution < -0.4 is 0 Å². The fourth-order valence-electron chi connectivity index (χ4n) is 2.81. The lowest BCUT2D eigenvalue weighted by Crippen LogP contribution is -2.33. The number of hydrogen-bond donors (Lipinski definition) is 1. The highest BCUT2D eigenvalue weighted by atomic mass is 16.5. The Hall–Kier alpha value is -2.66. The van der Waals surface area contributed by atoms with E-state index in [4.69, 9.17) is 9.84 Å². The standard InChI is InChI=1S/C20H22N2O3/c23-20(24)22-11-8-17(9-12-22)18-6-7-19(21-14-18)10-13-25-15-16-4-2-1-3-5-16/h1-8,14H,9-13,15H2,(H,23,24). The van der Waals surface area contributed by atoms with Crippen LogP contribution in [0.5, 0.6) is 0 Å². The summed E-state index contributed by atoms with van der Waals surface area (Å²) in [4.78, 5) is 16.8. The number of amides is 1. The molecule has 0 bridgehead atoms. The highest BCUT2D eigenvalue weighted by molar-refractivity contribution is 5.70. The number of nitrogens with zero attached hydrogens (tertiary/aromatic N) is 2. The Labute approximate surface area is 147 Å². The summed E-state index contributed by atoms with van der Waals surface area (Å²) in [5, 5.41) is 8.98. The van der Waals surface area contributed by atoms with E-state index in [2.05, 4.69) is 23.2 Å². The molecular formula is C20H22N2O3. The molecule has 5 heteroatoms. The molecule has 1 amide bonds. The molecular weight excluding hydrogens is 316 g/mol. The van der Waals surface area contributed by atoms with Gasteiger partial charge in [-0.25, -0.2) is 4.79 Å². The van der Waals surface area contributed by atoms with Gasteiger partial charge in [-0.2, -0.15) is 0 Å². The van der Waals surface area contributed by atoms with Gasteiger partial charge in [0.25, 0.3) is 0 Å². The molecule has 0 unspecified atom stereocenters. The molecule has 25 heavy (non-hydrogen) atoms. The van der Waals surface area contributed by atoms with Crippen molar-refractivity contribution in [1.82, 2.24) is 9.88 Å². The van der Waals surface area contributed by atoms with E-state index in [0.717, 1.165) is 29.7 Å². The highest BCUT2D eigenvalue weighted by Crippen LogP contribution is 2.22. The zero-order chi connectivity index (χ0) is 17.5. The van der Waals surface area contributed by atoms with Crippen molar-refractivity contribution in [2.75, 3.05) is 19.7 Å². The molecule has 2 heterocycles. The number of rotatable bonds is 6. The Morgan fingerprint density at radius 3 is 2.68 bits per heavy atom. The van der Waals surface area contributed by atoms with Gasteiger partial charge in [-0.1, -0.05) is 42.5 Å². The van der Waals surface area contributed by atoms with Crippen molar-refractivity contribution >= 4 is 11.7 Å². The third-order valence-corrected chi connectivity index (χ3v) is 4.29. The minimum atomic E-state index is -0.862. The predicted octanol–water partition coefficient (Wildman–Crippen LogP) is 3.61. The van der Waals surface area contributed by atoms with Crippen LogP contribution in [-0.2, 0) is 17.8 Å². The summed E-state index contributed by atoms with van der Waals surface area (Å²) in [6, 6.07) is 14.2. The summed E-state index contributed by atoms with van der Waals surface area (Å²) in [5.41, 5.74) is 4.40. The Kier molecular flexibility index (Phi) is 5.80. The first-order valence-electron chi connectivity index (χ1n) is 8.46. The molecule has 1 aliphatic rings. The summed E-state index contributed by atoms with van der Waals surface area (Å²) >= 11 is 0. The third-order valence-electron chi connectivity index (χ3n) is 4.29. The SMILES string of the molecule is O=C(O)N1CC=C(c2ccc(CCOCc3ccccc3)nc2)CC1.